The van der Waals surface area contributed by atoms with Gasteiger partial charge in [-0.25, -0.2) is 4.79 Å². The number of urea groups is 1. The molecule has 0 saturated carbocycles. The van der Waals surface area contributed by atoms with E-state index in [0.717, 1.165) is 11.3 Å². The zero-order valence-corrected chi connectivity index (χ0v) is 13.1. The second-order valence-electron chi connectivity index (χ2n) is 5.52. The van der Waals surface area contributed by atoms with Crippen LogP contribution in [0.15, 0.2) is 42.9 Å². The van der Waals surface area contributed by atoms with E-state index in [4.69, 9.17) is 4.74 Å². The van der Waals surface area contributed by atoms with Gasteiger partial charge in [-0.3, -0.25) is 9.97 Å². The molecule has 0 aliphatic carbocycles. The van der Waals surface area contributed by atoms with E-state index in [9.17, 15) is 4.79 Å². The van der Waals surface area contributed by atoms with Gasteiger partial charge in [-0.1, -0.05) is 29.8 Å². The minimum absolute atomic E-state index is 0.107. The number of rotatable bonds is 3. The number of aryl methyl sites for hydroxylation is 1. The predicted octanol–water partition coefficient (Wildman–Crippen LogP) is 1.92. The summed E-state index contributed by atoms with van der Waals surface area (Å²) in [4.78, 5) is 22.8. The Morgan fingerprint density at radius 3 is 2.61 bits per heavy atom. The highest BCUT2D eigenvalue weighted by Crippen LogP contribution is 2.20. The van der Waals surface area contributed by atoms with Crippen molar-refractivity contribution in [2.45, 2.75) is 13.0 Å². The van der Waals surface area contributed by atoms with E-state index in [1.54, 1.807) is 23.5 Å². The van der Waals surface area contributed by atoms with Crippen LogP contribution in [-0.2, 0) is 4.74 Å². The van der Waals surface area contributed by atoms with Crippen LogP contribution in [0.1, 0.15) is 22.9 Å². The summed E-state index contributed by atoms with van der Waals surface area (Å²) in [5.41, 5.74) is 2.88. The molecule has 1 fully saturated rings. The van der Waals surface area contributed by atoms with Gasteiger partial charge < -0.3 is 15.0 Å². The van der Waals surface area contributed by atoms with Gasteiger partial charge in [0.25, 0.3) is 0 Å². The van der Waals surface area contributed by atoms with Gasteiger partial charge in [0.15, 0.2) is 0 Å². The van der Waals surface area contributed by atoms with Gasteiger partial charge in [-0.05, 0) is 12.5 Å². The van der Waals surface area contributed by atoms with E-state index in [2.05, 4.69) is 15.3 Å². The molecule has 1 atom stereocenters. The van der Waals surface area contributed by atoms with Crippen LogP contribution in [0.2, 0.25) is 0 Å². The number of nitrogens with zero attached hydrogens (tertiary/aromatic N) is 3. The summed E-state index contributed by atoms with van der Waals surface area (Å²) in [6.07, 6.45) is 4.95. The van der Waals surface area contributed by atoms with Crippen LogP contribution in [0.4, 0.5) is 4.79 Å². The van der Waals surface area contributed by atoms with Crippen molar-refractivity contribution < 1.29 is 9.53 Å². The lowest BCUT2D eigenvalue weighted by Gasteiger charge is -2.29. The van der Waals surface area contributed by atoms with Crippen molar-refractivity contribution in [3.05, 3.63) is 59.7 Å². The van der Waals surface area contributed by atoms with Crippen LogP contribution in [-0.4, -0.2) is 47.2 Å². The Labute approximate surface area is 135 Å². The summed E-state index contributed by atoms with van der Waals surface area (Å²) < 4.78 is 5.29. The molecule has 120 valence electrons. The largest absolute Gasteiger partial charge is 0.378 e. The van der Waals surface area contributed by atoms with E-state index in [1.165, 1.54) is 5.56 Å². The molecular formula is C17H20N4O2. The minimum Gasteiger partial charge on any atom is -0.378 e. The fourth-order valence-corrected chi connectivity index (χ4v) is 2.53. The first-order valence-electron chi connectivity index (χ1n) is 7.70. The number of amides is 2. The van der Waals surface area contributed by atoms with Crippen LogP contribution in [0.5, 0.6) is 0 Å². The second-order valence-corrected chi connectivity index (χ2v) is 5.52. The first-order valence-corrected chi connectivity index (χ1v) is 7.70. The first kappa shape index (κ1) is 15.4. The number of hydrogen-bond donors (Lipinski definition) is 1. The molecule has 2 heterocycles. The monoisotopic (exact) mass is 312 g/mol. The van der Waals surface area contributed by atoms with E-state index >= 15 is 0 Å². The molecule has 2 amide bonds. The fourth-order valence-electron chi connectivity index (χ4n) is 2.53. The highest BCUT2D eigenvalue weighted by Gasteiger charge is 2.23. The maximum absolute atomic E-state index is 12.5. The zero-order chi connectivity index (χ0) is 16.1. The lowest BCUT2D eigenvalue weighted by atomic mass is 10.0. The maximum atomic E-state index is 12.5. The first-order chi connectivity index (χ1) is 11.2. The van der Waals surface area contributed by atoms with Crippen LogP contribution >= 0.6 is 0 Å². The van der Waals surface area contributed by atoms with Gasteiger partial charge in [0.2, 0.25) is 0 Å². The van der Waals surface area contributed by atoms with Crippen molar-refractivity contribution in [2.24, 2.45) is 0 Å². The standard InChI is InChI=1S/C17H20N4O2/c1-13-2-4-14(5-3-13)16(15-12-18-6-7-19-15)20-17(22)21-8-10-23-11-9-21/h2-7,12,16H,8-11H2,1H3,(H,20,22). The third-order valence-corrected chi connectivity index (χ3v) is 3.86. The number of hydrogen-bond acceptors (Lipinski definition) is 4. The molecule has 0 radical (unpaired) electrons. The number of benzene rings is 1. The highest BCUT2D eigenvalue weighted by atomic mass is 16.5. The summed E-state index contributed by atoms with van der Waals surface area (Å²) in [5, 5.41) is 3.07. The number of aromatic nitrogens is 2. The molecule has 1 aromatic heterocycles. The molecule has 6 heteroatoms. The number of carbonyl (C=O) groups is 1. The van der Waals surface area contributed by atoms with Crippen molar-refractivity contribution in [2.75, 3.05) is 26.3 Å². The smallest absolute Gasteiger partial charge is 0.318 e. The van der Waals surface area contributed by atoms with E-state index in [1.807, 2.05) is 31.2 Å². The summed E-state index contributed by atoms with van der Waals surface area (Å²) in [7, 11) is 0. The summed E-state index contributed by atoms with van der Waals surface area (Å²) in [6.45, 7) is 4.40. The Balaban J connectivity index is 1.83. The second kappa shape index (κ2) is 7.19. The zero-order valence-electron chi connectivity index (χ0n) is 13.1. The molecule has 6 nitrogen and oxygen atoms in total. The maximum Gasteiger partial charge on any atom is 0.318 e. The Morgan fingerprint density at radius 1 is 1.22 bits per heavy atom. The molecule has 23 heavy (non-hydrogen) atoms. The normalized spacial score (nSPS) is 16.0. The van der Waals surface area contributed by atoms with Crippen molar-refractivity contribution in [1.29, 1.82) is 0 Å². The summed E-state index contributed by atoms with van der Waals surface area (Å²) >= 11 is 0. The number of nitrogens with one attached hydrogen (secondary N) is 1. The Bertz CT molecular complexity index is 639. The van der Waals surface area contributed by atoms with Crippen LogP contribution in [0.3, 0.4) is 0 Å². The lowest BCUT2D eigenvalue weighted by molar-refractivity contribution is 0.0527. The Morgan fingerprint density at radius 2 is 1.96 bits per heavy atom. The van der Waals surface area contributed by atoms with Crippen molar-refractivity contribution in [3.63, 3.8) is 0 Å². The van der Waals surface area contributed by atoms with Gasteiger partial charge in [-0.15, -0.1) is 0 Å². The minimum atomic E-state index is -0.320. The van der Waals surface area contributed by atoms with Crippen molar-refractivity contribution in [3.8, 4) is 0 Å². The number of morpholine rings is 1. The molecule has 2 aromatic rings. The lowest BCUT2D eigenvalue weighted by Crippen LogP contribution is -2.47. The molecule has 1 aliphatic rings. The third kappa shape index (κ3) is 3.84. The topological polar surface area (TPSA) is 67.4 Å². The predicted molar refractivity (Wildman–Crippen MR) is 86.0 cm³/mol. The Kier molecular flexibility index (Phi) is 4.83. The molecule has 1 saturated heterocycles. The average Bonchev–Trinajstić information content (AvgIpc) is 2.62. The van der Waals surface area contributed by atoms with Gasteiger partial charge >= 0.3 is 6.03 Å². The Hall–Kier alpha value is -2.47. The average molecular weight is 312 g/mol. The number of ether oxygens (including phenoxy) is 1. The van der Waals surface area contributed by atoms with Crippen LogP contribution in [0.25, 0.3) is 0 Å². The van der Waals surface area contributed by atoms with Crippen molar-refractivity contribution >= 4 is 6.03 Å². The third-order valence-electron chi connectivity index (χ3n) is 3.86. The molecule has 0 bridgehead atoms. The van der Waals surface area contributed by atoms with Gasteiger partial charge in [-0.2, -0.15) is 0 Å². The fraction of sp³-hybridized carbons (Fsp3) is 0.353. The summed E-state index contributed by atoms with van der Waals surface area (Å²) in [5.74, 6) is 0. The van der Waals surface area contributed by atoms with Gasteiger partial charge in [0.1, 0.15) is 0 Å². The quantitative estimate of drug-likeness (QED) is 0.940. The molecule has 1 N–H and O–H groups in total. The van der Waals surface area contributed by atoms with Crippen molar-refractivity contribution in [1.82, 2.24) is 20.2 Å². The van der Waals surface area contributed by atoms with E-state index in [0.29, 0.717) is 26.3 Å². The number of carbonyl (C=O) groups excluding carboxylic acids is 1. The molecule has 1 unspecified atom stereocenters. The van der Waals surface area contributed by atoms with E-state index in [-0.39, 0.29) is 12.1 Å². The SMILES string of the molecule is Cc1ccc(C(NC(=O)N2CCOCC2)c2cnccn2)cc1. The molecule has 0 spiro atoms. The molecular weight excluding hydrogens is 292 g/mol. The van der Waals surface area contributed by atoms with E-state index < -0.39 is 0 Å². The van der Waals surface area contributed by atoms with Gasteiger partial charge in [0.05, 0.1) is 31.1 Å². The van der Waals surface area contributed by atoms with Crippen LogP contribution in [0, 0.1) is 6.92 Å². The highest BCUT2D eigenvalue weighted by molar-refractivity contribution is 5.75. The molecule has 1 aromatic carbocycles. The molecule has 3 rings (SSSR count). The molecule has 1 aliphatic heterocycles. The van der Waals surface area contributed by atoms with Gasteiger partial charge in [0, 0.05) is 25.5 Å². The summed E-state index contributed by atoms with van der Waals surface area (Å²) in [6, 6.07) is 7.64. The van der Waals surface area contributed by atoms with Crippen LogP contribution < -0.4 is 5.32 Å².